The van der Waals surface area contributed by atoms with Crippen molar-refractivity contribution < 1.29 is 9.59 Å². The van der Waals surface area contributed by atoms with Crippen LogP contribution in [0.5, 0.6) is 0 Å². The fraction of sp³-hybridized carbons (Fsp3) is 0.355. The second-order valence-corrected chi connectivity index (χ2v) is 11.1. The number of rotatable bonds is 11. The van der Waals surface area contributed by atoms with Gasteiger partial charge in [0, 0.05) is 29.8 Å². The van der Waals surface area contributed by atoms with Crippen LogP contribution in [-0.4, -0.2) is 34.6 Å². The first-order valence-corrected chi connectivity index (χ1v) is 14.6. The quantitative estimate of drug-likeness (QED) is 0.299. The maximum atomic E-state index is 13.8. The second-order valence-electron chi connectivity index (χ2n) is 9.68. The first kappa shape index (κ1) is 27.3. The molecular formula is C31H35ClN2O2S. The molecule has 1 fully saturated rings. The highest BCUT2D eigenvalue weighted by Gasteiger charge is 2.31. The average Bonchev–Trinajstić information content (AvgIpc) is 2.92. The summed E-state index contributed by atoms with van der Waals surface area (Å²) < 4.78 is 0. The van der Waals surface area contributed by atoms with E-state index in [0.717, 1.165) is 42.4 Å². The van der Waals surface area contributed by atoms with Crippen LogP contribution in [0.4, 0.5) is 0 Å². The Bertz CT molecular complexity index is 1140. The van der Waals surface area contributed by atoms with Gasteiger partial charge >= 0.3 is 0 Å². The SMILES string of the molecule is O=C(NC1CCCCC1)[C@H](Cc1ccccc1)N(Cc1ccccc1)C(=O)CSCc1cccc(Cl)c1. The van der Waals surface area contributed by atoms with E-state index >= 15 is 0 Å². The Morgan fingerprint density at radius 3 is 2.19 bits per heavy atom. The van der Waals surface area contributed by atoms with Crippen LogP contribution in [0, 0.1) is 0 Å². The van der Waals surface area contributed by atoms with Crippen molar-refractivity contribution in [3.8, 4) is 0 Å². The fourth-order valence-corrected chi connectivity index (χ4v) is 5.91. The van der Waals surface area contributed by atoms with Gasteiger partial charge in [0.15, 0.2) is 0 Å². The zero-order valence-electron chi connectivity index (χ0n) is 21.2. The smallest absolute Gasteiger partial charge is 0.243 e. The number of carbonyl (C=O) groups is 2. The predicted octanol–water partition coefficient (Wildman–Crippen LogP) is 6.66. The number of hydrogen-bond donors (Lipinski definition) is 1. The van der Waals surface area contributed by atoms with E-state index < -0.39 is 6.04 Å². The second kappa shape index (κ2) is 14.3. The van der Waals surface area contributed by atoms with Crippen molar-refractivity contribution in [3.63, 3.8) is 0 Å². The highest BCUT2D eigenvalue weighted by molar-refractivity contribution is 7.99. The van der Waals surface area contributed by atoms with Crippen molar-refractivity contribution in [2.24, 2.45) is 0 Å². The van der Waals surface area contributed by atoms with E-state index in [9.17, 15) is 9.59 Å². The minimum absolute atomic E-state index is 0.0318. The molecule has 3 aromatic carbocycles. The molecule has 6 heteroatoms. The van der Waals surface area contributed by atoms with Crippen molar-refractivity contribution in [1.29, 1.82) is 0 Å². The summed E-state index contributed by atoms with van der Waals surface area (Å²) in [4.78, 5) is 29.3. The molecule has 0 aliphatic heterocycles. The van der Waals surface area contributed by atoms with Crippen molar-refractivity contribution in [1.82, 2.24) is 10.2 Å². The summed E-state index contributed by atoms with van der Waals surface area (Å²) in [5.74, 6) is 0.889. The Balaban J connectivity index is 1.54. The summed E-state index contributed by atoms with van der Waals surface area (Å²) in [6.07, 6.45) is 6.00. The van der Waals surface area contributed by atoms with Crippen molar-refractivity contribution in [2.75, 3.05) is 5.75 Å². The molecule has 1 atom stereocenters. The number of halogens is 1. The number of amides is 2. The van der Waals surface area contributed by atoms with Crippen LogP contribution >= 0.6 is 23.4 Å². The van der Waals surface area contributed by atoms with Crippen LogP contribution in [0.2, 0.25) is 5.02 Å². The minimum Gasteiger partial charge on any atom is -0.352 e. The van der Waals surface area contributed by atoms with Crippen LogP contribution < -0.4 is 5.32 Å². The van der Waals surface area contributed by atoms with Gasteiger partial charge in [-0.05, 0) is 41.7 Å². The molecule has 4 nitrogen and oxygen atoms in total. The molecule has 0 radical (unpaired) electrons. The maximum absolute atomic E-state index is 13.8. The Labute approximate surface area is 229 Å². The van der Waals surface area contributed by atoms with Gasteiger partial charge in [0.2, 0.25) is 11.8 Å². The molecule has 1 N–H and O–H groups in total. The molecule has 0 spiro atoms. The maximum Gasteiger partial charge on any atom is 0.243 e. The monoisotopic (exact) mass is 534 g/mol. The van der Waals surface area contributed by atoms with E-state index in [-0.39, 0.29) is 17.9 Å². The van der Waals surface area contributed by atoms with Gasteiger partial charge in [-0.25, -0.2) is 0 Å². The molecule has 3 aromatic rings. The highest BCUT2D eigenvalue weighted by atomic mass is 35.5. The molecule has 0 bridgehead atoms. The molecule has 1 saturated carbocycles. The standard InChI is InChI=1S/C31H35ClN2O2S/c32-27-16-10-15-26(19-27)22-37-23-30(35)34(21-25-13-6-2-7-14-25)29(20-24-11-4-1-5-12-24)31(36)33-28-17-8-3-9-18-28/h1-2,4-7,10-16,19,28-29H,3,8-9,17-18,20-23H2,(H,33,36)/t29-/m0/s1. The normalized spacial score (nSPS) is 14.6. The van der Waals surface area contributed by atoms with Crippen LogP contribution in [0.1, 0.15) is 48.8 Å². The third kappa shape index (κ3) is 8.65. The van der Waals surface area contributed by atoms with E-state index in [1.54, 1.807) is 16.7 Å². The molecule has 1 aliphatic rings. The lowest BCUT2D eigenvalue weighted by atomic mass is 9.94. The van der Waals surface area contributed by atoms with Crippen LogP contribution in [0.3, 0.4) is 0 Å². The number of nitrogens with one attached hydrogen (secondary N) is 1. The van der Waals surface area contributed by atoms with Crippen LogP contribution in [0.25, 0.3) is 0 Å². The first-order valence-electron chi connectivity index (χ1n) is 13.1. The highest BCUT2D eigenvalue weighted by Crippen LogP contribution is 2.22. The topological polar surface area (TPSA) is 49.4 Å². The van der Waals surface area contributed by atoms with Gasteiger partial charge in [-0.15, -0.1) is 11.8 Å². The zero-order chi connectivity index (χ0) is 25.9. The van der Waals surface area contributed by atoms with E-state index in [0.29, 0.717) is 29.5 Å². The number of nitrogens with zero attached hydrogens (tertiary/aromatic N) is 1. The number of benzene rings is 3. The number of carbonyl (C=O) groups excluding carboxylic acids is 2. The van der Waals surface area contributed by atoms with Gasteiger partial charge in [0.25, 0.3) is 0 Å². The summed E-state index contributed by atoms with van der Waals surface area (Å²) in [5.41, 5.74) is 3.14. The first-order chi connectivity index (χ1) is 18.1. The third-order valence-corrected chi connectivity index (χ3v) is 8.03. The Morgan fingerprint density at radius 1 is 0.865 bits per heavy atom. The third-order valence-electron chi connectivity index (χ3n) is 6.80. The molecule has 37 heavy (non-hydrogen) atoms. The summed E-state index contributed by atoms with van der Waals surface area (Å²) >= 11 is 7.68. The summed E-state index contributed by atoms with van der Waals surface area (Å²) in [7, 11) is 0. The average molecular weight is 535 g/mol. The van der Waals surface area contributed by atoms with Gasteiger partial charge in [-0.1, -0.05) is 104 Å². The van der Waals surface area contributed by atoms with Gasteiger partial charge in [-0.3, -0.25) is 9.59 Å². The largest absolute Gasteiger partial charge is 0.352 e. The molecule has 2 amide bonds. The lowest BCUT2D eigenvalue weighted by Gasteiger charge is -2.33. The lowest BCUT2D eigenvalue weighted by molar-refractivity contribution is -0.139. The van der Waals surface area contributed by atoms with Crippen molar-refractivity contribution in [3.05, 3.63) is 107 Å². The van der Waals surface area contributed by atoms with Gasteiger partial charge < -0.3 is 10.2 Å². The van der Waals surface area contributed by atoms with Gasteiger partial charge in [0.1, 0.15) is 6.04 Å². The van der Waals surface area contributed by atoms with Crippen molar-refractivity contribution in [2.45, 2.75) is 62.9 Å². The zero-order valence-corrected chi connectivity index (χ0v) is 22.7. The Hall–Kier alpha value is -2.76. The summed E-state index contributed by atoms with van der Waals surface area (Å²) in [6, 6.07) is 27.2. The minimum atomic E-state index is -0.580. The Kier molecular flexibility index (Phi) is 10.5. The van der Waals surface area contributed by atoms with Crippen molar-refractivity contribution >= 4 is 35.2 Å². The molecule has 1 aliphatic carbocycles. The van der Waals surface area contributed by atoms with E-state index in [2.05, 4.69) is 5.32 Å². The molecule has 194 valence electrons. The Morgan fingerprint density at radius 2 is 1.51 bits per heavy atom. The molecule has 0 heterocycles. The molecular weight excluding hydrogens is 500 g/mol. The molecule has 0 aromatic heterocycles. The molecule has 0 unspecified atom stereocenters. The van der Waals surface area contributed by atoms with E-state index in [1.807, 2.05) is 84.9 Å². The number of thioether (sulfide) groups is 1. The van der Waals surface area contributed by atoms with E-state index in [4.69, 9.17) is 11.6 Å². The lowest BCUT2D eigenvalue weighted by Crippen LogP contribution is -2.53. The fourth-order valence-electron chi connectivity index (χ4n) is 4.84. The van der Waals surface area contributed by atoms with Crippen LogP contribution in [0.15, 0.2) is 84.9 Å². The predicted molar refractivity (Wildman–Crippen MR) is 154 cm³/mol. The summed E-state index contributed by atoms with van der Waals surface area (Å²) in [6.45, 7) is 0.396. The molecule has 4 rings (SSSR count). The number of hydrogen-bond acceptors (Lipinski definition) is 3. The summed E-state index contributed by atoms with van der Waals surface area (Å²) in [5, 5.41) is 3.99. The molecule has 0 saturated heterocycles. The van der Waals surface area contributed by atoms with Crippen LogP contribution in [-0.2, 0) is 28.3 Å². The van der Waals surface area contributed by atoms with Gasteiger partial charge in [0.05, 0.1) is 5.75 Å². The van der Waals surface area contributed by atoms with Gasteiger partial charge in [-0.2, -0.15) is 0 Å². The van der Waals surface area contributed by atoms with E-state index in [1.165, 1.54) is 6.42 Å².